The van der Waals surface area contributed by atoms with Crippen LogP contribution in [0.15, 0.2) is 36.0 Å². The van der Waals surface area contributed by atoms with Crippen LogP contribution in [0.4, 0.5) is 18.9 Å². The molecular weight excluding hydrogens is 505 g/mol. The summed E-state index contributed by atoms with van der Waals surface area (Å²) in [7, 11) is 0. The van der Waals surface area contributed by atoms with E-state index in [4.69, 9.17) is 5.73 Å². The number of likely N-dealkylation sites (tertiary alicyclic amines) is 1. The predicted octanol–water partition coefficient (Wildman–Crippen LogP) is 3.75. The Labute approximate surface area is 215 Å². The quantitative estimate of drug-likeness (QED) is 0.427. The largest absolute Gasteiger partial charge is 0.416 e. The van der Waals surface area contributed by atoms with Gasteiger partial charge in [0.1, 0.15) is 5.69 Å². The van der Waals surface area contributed by atoms with E-state index in [1.54, 1.807) is 11.3 Å². The number of fused-ring (bicyclic) bond motifs is 1. The average Bonchev–Trinajstić information content (AvgIpc) is 3.38. The van der Waals surface area contributed by atoms with Gasteiger partial charge in [0, 0.05) is 41.3 Å². The van der Waals surface area contributed by atoms with Gasteiger partial charge in [0.05, 0.1) is 29.2 Å². The number of carbonyl (C=O) groups is 2. The molecule has 4 N–H and O–H groups in total. The van der Waals surface area contributed by atoms with Crippen LogP contribution in [0.2, 0.25) is 0 Å². The van der Waals surface area contributed by atoms with Gasteiger partial charge in [0.2, 0.25) is 5.91 Å². The van der Waals surface area contributed by atoms with E-state index in [9.17, 15) is 22.8 Å². The summed E-state index contributed by atoms with van der Waals surface area (Å²) in [5.41, 5.74) is 6.62. The Morgan fingerprint density at radius 2 is 1.89 bits per heavy atom. The highest BCUT2D eigenvalue weighted by Crippen LogP contribution is 2.37. The first-order valence-corrected chi connectivity index (χ1v) is 13.0. The highest BCUT2D eigenvalue weighted by atomic mass is 32.1. The van der Waals surface area contributed by atoms with Crippen molar-refractivity contribution in [3.63, 3.8) is 0 Å². The summed E-state index contributed by atoms with van der Waals surface area (Å²) in [6.07, 6.45) is 1.98. The standard InChI is InChI=1S/C25H27F3N6O2S/c26-25(27,28)15-3-6-19-18(7-15)20(8-21(33-19)24(29)36)31-10-23(35)32-16-11-34(12-16)17-4-1-14(2-5-17)22-9-30-13-37-22/h3,6-9,13-14,16-17H,1-2,4-5,10-12H2,(H2,29,36)(H,31,33)(H,32,35). The molecule has 2 fully saturated rings. The number of halogens is 3. The van der Waals surface area contributed by atoms with E-state index >= 15 is 0 Å². The summed E-state index contributed by atoms with van der Waals surface area (Å²) >= 11 is 1.72. The number of pyridine rings is 1. The van der Waals surface area contributed by atoms with Gasteiger partial charge >= 0.3 is 6.18 Å². The lowest BCUT2D eigenvalue weighted by atomic mass is 9.83. The molecule has 196 valence electrons. The van der Waals surface area contributed by atoms with Crippen molar-refractivity contribution < 1.29 is 22.8 Å². The number of nitrogens with two attached hydrogens (primary N) is 1. The van der Waals surface area contributed by atoms with E-state index < -0.39 is 17.6 Å². The maximum Gasteiger partial charge on any atom is 0.416 e. The van der Waals surface area contributed by atoms with Crippen molar-refractivity contribution in [2.45, 2.75) is 49.9 Å². The van der Waals surface area contributed by atoms with Gasteiger partial charge in [-0.3, -0.25) is 19.5 Å². The Morgan fingerprint density at radius 3 is 2.54 bits per heavy atom. The van der Waals surface area contributed by atoms with E-state index in [2.05, 4.69) is 25.5 Å². The lowest BCUT2D eigenvalue weighted by Gasteiger charge is -2.46. The lowest BCUT2D eigenvalue weighted by Crippen LogP contribution is -2.62. The fourth-order valence-electron chi connectivity index (χ4n) is 5.18. The first kappa shape index (κ1) is 25.4. The molecule has 1 saturated heterocycles. The van der Waals surface area contributed by atoms with Crippen LogP contribution >= 0.6 is 11.3 Å². The number of nitrogens with one attached hydrogen (secondary N) is 2. The van der Waals surface area contributed by atoms with E-state index in [1.165, 1.54) is 17.0 Å². The summed E-state index contributed by atoms with van der Waals surface area (Å²) in [4.78, 5) is 36.2. The Morgan fingerprint density at radius 1 is 1.14 bits per heavy atom. The summed E-state index contributed by atoms with van der Waals surface area (Å²) < 4.78 is 39.7. The molecule has 0 bridgehead atoms. The molecule has 0 spiro atoms. The number of hydrogen-bond acceptors (Lipinski definition) is 7. The van der Waals surface area contributed by atoms with Crippen LogP contribution < -0.4 is 16.4 Å². The van der Waals surface area contributed by atoms with Crippen LogP contribution in [0, 0.1) is 0 Å². The molecule has 37 heavy (non-hydrogen) atoms. The minimum Gasteiger partial charge on any atom is -0.376 e. The van der Waals surface area contributed by atoms with Crippen molar-refractivity contribution in [3.05, 3.63) is 52.1 Å². The highest BCUT2D eigenvalue weighted by Gasteiger charge is 2.35. The zero-order valence-electron chi connectivity index (χ0n) is 19.9. The van der Waals surface area contributed by atoms with Gasteiger partial charge in [-0.2, -0.15) is 13.2 Å². The minimum atomic E-state index is -4.54. The molecule has 5 rings (SSSR count). The number of aromatic nitrogens is 2. The second-order valence-electron chi connectivity index (χ2n) is 9.63. The molecule has 8 nitrogen and oxygen atoms in total. The Kier molecular flexibility index (Phi) is 7.04. The van der Waals surface area contributed by atoms with Crippen LogP contribution in [0.5, 0.6) is 0 Å². The number of carbonyl (C=O) groups excluding carboxylic acids is 2. The first-order chi connectivity index (χ1) is 17.7. The van der Waals surface area contributed by atoms with Crippen molar-refractivity contribution in [1.82, 2.24) is 20.2 Å². The molecule has 1 aliphatic heterocycles. The van der Waals surface area contributed by atoms with Crippen LogP contribution in [0.3, 0.4) is 0 Å². The Hall–Kier alpha value is -3.25. The molecule has 12 heteroatoms. The van der Waals surface area contributed by atoms with Gasteiger partial charge in [-0.25, -0.2) is 4.98 Å². The fraction of sp³-hybridized carbons (Fsp3) is 0.440. The molecule has 0 unspecified atom stereocenters. The number of alkyl halides is 3. The topological polar surface area (TPSA) is 113 Å². The average molecular weight is 533 g/mol. The fourth-order valence-corrected chi connectivity index (χ4v) is 5.98. The van der Waals surface area contributed by atoms with Crippen LogP contribution in [0.1, 0.15) is 52.5 Å². The first-order valence-electron chi connectivity index (χ1n) is 12.1. The Balaban J connectivity index is 1.15. The van der Waals surface area contributed by atoms with Crippen molar-refractivity contribution in [1.29, 1.82) is 0 Å². The third kappa shape index (κ3) is 5.69. The molecule has 2 aliphatic rings. The maximum atomic E-state index is 13.2. The number of benzene rings is 1. The number of amides is 2. The third-order valence-corrected chi connectivity index (χ3v) is 8.11. The van der Waals surface area contributed by atoms with Crippen molar-refractivity contribution in [2.75, 3.05) is 25.0 Å². The molecule has 3 heterocycles. The van der Waals surface area contributed by atoms with E-state index in [-0.39, 0.29) is 40.8 Å². The maximum absolute atomic E-state index is 13.2. The SMILES string of the molecule is NC(=O)c1cc(NCC(=O)NC2CN(C3CCC(c4cncs4)CC3)C2)c2cc(C(F)(F)F)ccc2n1. The number of primary amides is 1. The number of nitrogens with zero attached hydrogens (tertiary/aromatic N) is 3. The summed E-state index contributed by atoms with van der Waals surface area (Å²) in [6.45, 7) is 1.39. The molecule has 1 saturated carbocycles. The van der Waals surface area contributed by atoms with Crippen LogP contribution in [-0.4, -0.2) is 58.4 Å². The molecule has 0 radical (unpaired) electrons. The Bertz CT molecular complexity index is 1290. The second kappa shape index (κ2) is 10.3. The number of anilines is 1. The van der Waals surface area contributed by atoms with E-state index in [1.807, 2.05) is 11.7 Å². The predicted molar refractivity (Wildman–Crippen MR) is 134 cm³/mol. The summed E-state index contributed by atoms with van der Waals surface area (Å²) in [5.74, 6) is -0.501. The minimum absolute atomic E-state index is 0.0284. The zero-order valence-corrected chi connectivity index (χ0v) is 20.7. The van der Waals surface area contributed by atoms with Gasteiger partial charge in [-0.1, -0.05) is 0 Å². The second-order valence-corrected chi connectivity index (χ2v) is 10.5. The van der Waals surface area contributed by atoms with E-state index in [0.717, 1.165) is 50.9 Å². The van der Waals surface area contributed by atoms with Gasteiger partial charge in [0.15, 0.2) is 0 Å². The zero-order chi connectivity index (χ0) is 26.2. The number of hydrogen-bond donors (Lipinski definition) is 3. The summed E-state index contributed by atoms with van der Waals surface area (Å²) in [5, 5.41) is 5.98. The molecule has 1 aromatic carbocycles. The molecule has 2 amide bonds. The molecule has 3 aromatic rings. The number of rotatable bonds is 7. The normalized spacial score (nSPS) is 20.9. The van der Waals surface area contributed by atoms with Gasteiger partial charge in [0.25, 0.3) is 5.91 Å². The van der Waals surface area contributed by atoms with Crippen molar-refractivity contribution in [3.8, 4) is 0 Å². The van der Waals surface area contributed by atoms with Crippen LogP contribution in [-0.2, 0) is 11.0 Å². The highest BCUT2D eigenvalue weighted by molar-refractivity contribution is 7.09. The smallest absolute Gasteiger partial charge is 0.376 e. The van der Waals surface area contributed by atoms with Crippen molar-refractivity contribution in [2.24, 2.45) is 5.73 Å². The molecule has 1 aliphatic carbocycles. The van der Waals surface area contributed by atoms with Gasteiger partial charge < -0.3 is 16.4 Å². The van der Waals surface area contributed by atoms with Gasteiger partial charge in [-0.15, -0.1) is 11.3 Å². The monoisotopic (exact) mass is 532 g/mol. The summed E-state index contributed by atoms with van der Waals surface area (Å²) in [6, 6.07) is 4.84. The van der Waals surface area contributed by atoms with Gasteiger partial charge in [-0.05, 0) is 55.9 Å². The molecule has 0 atom stereocenters. The van der Waals surface area contributed by atoms with Crippen molar-refractivity contribution >= 4 is 39.7 Å². The number of thiazole rings is 1. The van der Waals surface area contributed by atoms with E-state index in [0.29, 0.717) is 12.0 Å². The third-order valence-electron chi connectivity index (χ3n) is 7.17. The molecular formula is C25H27F3N6O2S. The van der Waals surface area contributed by atoms with Crippen LogP contribution in [0.25, 0.3) is 10.9 Å². The molecule has 2 aromatic heterocycles. The lowest BCUT2D eigenvalue weighted by molar-refractivity contribution is -0.137.